The third kappa shape index (κ3) is 3.83. The molecule has 4 rings (SSSR count). The topological polar surface area (TPSA) is 87.2 Å². The number of piperazine rings is 1. The highest BCUT2D eigenvalue weighted by molar-refractivity contribution is 7.09. The Labute approximate surface area is 160 Å². The second-order valence-corrected chi connectivity index (χ2v) is 6.96. The summed E-state index contributed by atoms with van der Waals surface area (Å²) in [6, 6.07) is 11.5. The van der Waals surface area contributed by atoms with E-state index >= 15 is 0 Å². The predicted molar refractivity (Wildman–Crippen MR) is 105 cm³/mol. The largest absolute Gasteiger partial charge is 0.377 e. The molecule has 1 saturated heterocycles. The van der Waals surface area contributed by atoms with E-state index in [1.165, 1.54) is 11.5 Å². The molecule has 1 aliphatic rings. The molecule has 1 N–H and O–H groups in total. The van der Waals surface area contributed by atoms with Crippen LogP contribution in [0.15, 0.2) is 41.2 Å². The number of rotatable bonds is 5. The second-order valence-electron chi connectivity index (χ2n) is 6.23. The van der Waals surface area contributed by atoms with Crippen LogP contribution in [-0.2, 0) is 11.3 Å². The lowest BCUT2D eigenvalue weighted by molar-refractivity contribution is 0.179. The molecule has 0 amide bonds. The van der Waals surface area contributed by atoms with E-state index in [-0.39, 0.29) is 5.56 Å². The number of nitrogens with zero attached hydrogens (tertiary/aromatic N) is 5. The van der Waals surface area contributed by atoms with Gasteiger partial charge in [-0.2, -0.15) is 9.47 Å². The molecule has 0 aliphatic carbocycles. The lowest BCUT2D eigenvalue weighted by Gasteiger charge is -2.36. The Bertz CT molecular complexity index is 950. The molecule has 1 aromatic carbocycles. The van der Waals surface area contributed by atoms with E-state index in [0.717, 1.165) is 48.3 Å². The smallest absolute Gasteiger partial charge is 0.266 e. The van der Waals surface area contributed by atoms with Crippen LogP contribution in [0.3, 0.4) is 0 Å². The molecule has 8 nitrogen and oxygen atoms in total. The summed E-state index contributed by atoms with van der Waals surface area (Å²) < 4.78 is 9.40. The summed E-state index contributed by atoms with van der Waals surface area (Å²) in [5, 5.41) is 7.76. The molecule has 9 heteroatoms. The van der Waals surface area contributed by atoms with Gasteiger partial charge in [-0.15, -0.1) is 0 Å². The zero-order chi connectivity index (χ0) is 18.6. The van der Waals surface area contributed by atoms with Gasteiger partial charge in [-0.1, -0.05) is 30.3 Å². The van der Waals surface area contributed by atoms with Crippen LogP contribution in [0.25, 0.3) is 11.3 Å². The van der Waals surface area contributed by atoms with Crippen LogP contribution in [0, 0.1) is 0 Å². The molecule has 2 aromatic heterocycles. The minimum atomic E-state index is -0.194. The van der Waals surface area contributed by atoms with Crippen molar-refractivity contribution in [3.8, 4) is 11.3 Å². The van der Waals surface area contributed by atoms with E-state index in [4.69, 9.17) is 4.74 Å². The van der Waals surface area contributed by atoms with Gasteiger partial charge in [0, 0.05) is 56.5 Å². The number of nitrogens with one attached hydrogen (secondary N) is 1. The van der Waals surface area contributed by atoms with E-state index in [1.54, 1.807) is 13.2 Å². The highest BCUT2D eigenvalue weighted by Crippen LogP contribution is 2.28. The maximum absolute atomic E-state index is 11.9. The van der Waals surface area contributed by atoms with Crippen molar-refractivity contribution in [2.45, 2.75) is 6.61 Å². The molecule has 0 saturated carbocycles. The number of hydrogen-bond acceptors (Lipinski definition) is 8. The standard InChI is InChI=1S/C18H20N6O2S/c1-26-12-15-19-18(27-22-15)24-9-7-23(8-10-24)14-11-16(25)20-21-17(14)13-5-3-2-4-6-13/h2-6,11H,7-10,12H2,1H3,(H,20,25). The van der Waals surface area contributed by atoms with E-state index in [0.29, 0.717) is 12.4 Å². The molecule has 27 heavy (non-hydrogen) atoms. The summed E-state index contributed by atoms with van der Waals surface area (Å²) >= 11 is 1.39. The Morgan fingerprint density at radius 1 is 1.15 bits per heavy atom. The molecular weight excluding hydrogens is 364 g/mol. The van der Waals surface area contributed by atoms with Crippen molar-refractivity contribution in [3.63, 3.8) is 0 Å². The number of ether oxygens (including phenoxy) is 1. The SMILES string of the molecule is COCc1nsc(N2CCN(c3cc(=O)[nH]nc3-c3ccccc3)CC2)n1. The number of aromatic amines is 1. The molecule has 0 bridgehead atoms. The average Bonchev–Trinajstić information content (AvgIpc) is 3.18. The lowest BCUT2D eigenvalue weighted by Crippen LogP contribution is -2.47. The first kappa shape index (κ1) is 17.6. The van der Waals surface area contributed by atoms with Crippen molar-refractivity contribution in [2.75, 3.05) is 43.1 Å². The van der Waals surface area contributed by atoms with Crippen LogP contribution in [0.2, 0.25) is 0 Å². The molecule has 0 radical (unpaired) electrons. The van der Waals surface area contributed by atoms with Gasteiger partial charge in [0.2, 0.25) is 5.13 Å². The summed E-state index contributed by atoms with van der Waals surface area (Å²) in [4.78, 5) is 20.8. The summed E-state index contributed by atoms with van der Waals surface area (Å²) in [6.07, 6.45) is 0. The van der Waals surface area contributed by atoms with Crippen molar-refractivity contribution in [3.05, 3.63) is 52.6 Å². The van der Waals surface area contributed by atoms with Crippen LogP contribution in [-0.4, -0.2) is 52.8 Å². The van der Waals surface area contributed by atoms with E-state index in [2.05, 4.69) is 29.4 Å². The Morgan fingerprint density at radius 3 is 2.63 bits per heavy atom. The molecular formula is C18H20N6O2S. The lowest BCUT2D eigenvalue weighted by atomic mass is 10.1. The van der Waals surface area contributed by atoms with Crippen molar-refractivity contribution in [1.82, 2.24) is 19.6 Å². The van der Waals surface area contributed by atoms with E-state index in [1.807, 2.05) is 30.3 Å². The minimum absolute atomic E-state index is 0.194. The van der Waals surface area contributed by atoms with Gasteiger partial charge in [-0.3, -0.25) is 4.79 Å². The van der Waals surface area contributed by atoms with Crippen LogP contribution in [0.4, 0.5) is 10.8 Å². The van der Waals surface area contributed by atoms with Gasteiger partial charge in [0.25, 0.3) is 5.56 Å². The average molecular weight is 384 g/mol. The molecule has 0 atom stereocenters. The summed E-state index contributed by atoms with van der Waals surface area (Å²) in [5.74, 6) is 0.713. The molecule has 3 heterocycles. The van der Waals surface area contributed by atoms with Gasteiger partial charge in [0.05, 0.1) is 5.69 Å². The maximum atomic E-state index is 11.9. The molecule has 140 valence electrons. The monoisotopic (exact) mass is 384 g/mol. The van der Waals surface area contributed by atoms with Gasteiger partial charge < -0.3 is 14.5 Å². The van der Waals surface area contributed by atoms with Crippen molar-refractivity contribution >= 4 is 22.4 Å². The maximum Gasteiger partial charge on any atom is 0.266 e. The van der Waals surface area contributed by atoms with Crippen molar-refractivity contribution in [1.29, 1.82) is 0 Å². The number of methoxy groups -OCH3 is 1. The molecule has 3 aromatic rings. The third-order valence-corrected chi connectivity index (χ3v) is 5.27. The minimum Gasteiger partial charge on any atom is -0.377 e. The highest BCUT2D eigenvalue weighted by atomic mass is 32.1. The number of anilines is 2. The summed E-state index contributed by atoms with van der Waals surface area (Å²) in [6.45, 7) is 3.61. The Kier molecular flexibility index (Phi) is 5.12. The molecule has 1 aliphatic heterocycles. The first-order chi connectivity index (χ1) is 13.2. The normalized spacial score (nSPS) is 14.6. The number of H-pyrrole nitrogens is 1. The van der Waals surface area contributed by atoms with Crippen LogP contribution in [0.5, 0.6) is 0 Å². The van der Waals surface area contributed by atoms with Crippen LogP contribution >= 0.6 is 11.5 Å². The Balaban J connectivity index is 1.53. The van der Waals surface area contributed by atoms with Gasteiger partial charge in [-0.25, -0.2) is 10.1 Å². The fourth-order valence-electron chi connectivity index (χ4n) is 3.14. The zero-order valence-corrected chi connectivity index (χ0v) is 15.8. The molecule has 0 unspecified atom stereocenters. The summed E-state index contributed by atoms with van der Waals surface area (Å²) in [7, 11) is 1.64. The zero-order valence-electron chi connectivity index (χ0n) is 15.0. The Morgan fingerprint density at radius 2 is 1.89 bits per heavy atom. The third-order valence-electron chi connectivity index (χ3n) is 4.46. The fraction of sp³-hybridized carbons (Fsp3) is 0.333. The van der Waals surface area contributed by atoms with Crippen LogP contribution < -0.4 is 15.4 Å². The Hall–Kier alpha value is -2.78. The summed E-state index contributed by atoms with van der Waals surface area (Å²) in [5.41, 5.74) is 2.45. The first-order valence-corrected chi connectivity index (χ1v) is 9.48. The van der Waals surface area contributed by atoms with E-state index in [9.17, 15) is 4.79 Å². The quantitative estimate of drug-likeness (QED) is 0.717. The van der Waals surface area contributed by atoms with Gasteiger partial charge >= 0.3 is 0 Å². The van der Waals surface area contributed by atoms with Gasteiger partial charge in [0.1, 0.15) is 12.3 Å². The number of aromatic nitrogens is 4. The predicted octanol–water partition coefficient (Wildman–Crippen LogP) is 1.76. The number of benzene rings is 1. The van der Waals surface area contributed by atoms with Crippen LogP contribution in [0.1, 0.15) is 5.82 Å². The van der Waals surface area contributed by atoms with Gasteiger partial charge in [0.15, 0.2) is 5.82 Å². The first-order valence-electron chi connectivity index (χ1n) is 8.71. The van der Waals surface area contributed by atoms with E-state index < -0.39 is 0 Å². The van der Waals surface area contributed by atoms with Gasteiger partial charge in [-0.05, 0) is 0 Å². The second kappa shape index (κ2) is 7.85. The van der Waals surface area contributed by atoms with Crippen molar-refractivity contribution in [2.24, 2.45) is 0 Å². The number of hydrogen-bond donors (Lipinski definition) is 1. The fourth-order valence-corrected chi connectivity index (χ4v) is 3.87. The highest BCUT2D eigenvalue weighted by Gasteiger charge is 2.23. The molecule has 0 spiro atoms. The van der Waals surface area contributed by atoms with Crippen molar-refractivity contribution < 1.29 is 4.74 Å². The molecule has 1 fully saturated rings.